The molecule has 0 spiro atoms. The third kappa shape index (κ3) is 3.66. The number of sulfonamides is 1. The number of aromatic nitrogens is 2. The number of hydrogen-bond acceptors (Lipinski definition) is 5. The first-order chi connectivity index (χ1) is 11.8. The molecular formula is C16H10Cl2N4O2S. The Kier molecular flexibility index (Phi) is 4.52. The molecule has 0 aliphatic heterocycles. The molecule has 0 fully saturated rings. The standard InChI is InChI=1S/C16H10Cl2N4O2S/c1-25(23,24)22-14-5-10(7-21-16(14)18)9-2-3-13-12(4-9)15(17)11(6-19)8-20-13/h2-5,7-8,22H,1H3. The summed E-state index contributed by atoms with van der Waals surface area (Å²) < 4.78 is 25.2. The monoisotopic (exact) mass is 392 g/mol. The molecule has 9 heteroatoms. The van der Waals surface area contributed by atoms with E-state index in [2.05, 4.69) is 14.7 Å². The van der Waals surface area contributed by atoms with Crippen molar-refractivity contribution in [1.82, 2.24) is 9.97 Å². The number of pyridine rings is 2. The van der Waals surface area contributed by atoms with Crippen LogP contribution in [-0.2, 0) is 10.0 Å². The Morgan fingerprint density at radius 2 is 1.88 bits per heavy atom. The van der Waals surface area contributed by atoms with Crippen LogP contribution in [0.4, 0.5) is 5.69 Å². The largest absolute Gasteiger partial charge is 0.281 e. The molecular weight excluding hydrogens is 383 g/mol. The van der Waals surface area contributed by atoms with Crippen LogP contribution in [0.2, 0.25) is 10.2 Å². The summed E-state index contributed by atoms with van der Waals surface area (Å²) in [6.07, 6.45) is 3.97. The lowest BCUT2D eigenvalue weighted by Gasteiger charge is -2.09. The van der Waals surface area contributed by atoms with Crippen molar-refractivity contribution >= 4 is 49.8 Å². The maximum Gasteiger partial charge on any atom is 0.229 e. The van der Waals surface area contributed by atoms with Gasteiger partial charge in [-0.3, -0.25) is 9.71 Å². The molecule has 3 aromatic rings. The summed E-state index contributed by atoms with van der Waals surface area (Å²) in [5.41, 5.74) is 2.46. The Morgan fingerprint density at radius 1 is 1.12 bits per heavy atom. The minimum atomic E-state index is -3.49. The number of nitriles is 1. The van der Waals surface area contributed by atoms with Gasteiger partial charge in [-0.15, -0.1) is 0 Å². The van der Waals surface area contributed by atoms with Crippen LogP contribution in [0.15, 0.2) is 36.7 Å². The van der Waals surface area contributed by atoms with Crippen LogP contribution in [0.1, 0.15) is 5.56 Å². The van der Waals surface area contributed by atoms with Crippen molar-refractivity contribution in [2.45, 2.75) is 0 Å². The Bertz CT molecular complexity index is 1140. The Labute approximate surface area is 154 Å². The van der Waals surface area contributed by atoms with E-state index in [1.165, 1.54) is 12.4 Å². The molecule has 0 unspecified atom stereocenters. The summed E-state index contributed by atoms with van der Waals surface area (Å²) in [6.45, 7) is 0. The first-order valence-corrected chi connectivity index (χ1v) is 9.55. The number of benzene rings is 1. The number of nitrogens with one attached hydrogen (secondary N) is 1. The average molecular weight is 393 g/mol. The fourth-order valence-corrected chi connectivity index (χ4v) is 3.30. The van der Waals surface area contributed by atoms with Crippen LogP contribution < -0.4 is 4.72 Å². The number of fused-ring (bicyclic) bond motifs is 1. The molecule has 25 heavy (non-hydrogen) atoms. The van der Waals surface area contributed by atoms with Gasteiger partial charge < -0.3 is 0 Å². The summed E-state index contributed by atoms with van der Waals surface area (Å²) in [6, 6.07) is 8.89. The van der Waals surface area contributed by atoms with Gasteiger partial charge in [-0.05, 0) is 23.8 Å². The Balaban J connectivity index is 2.15. The highest BCUT2D eigenvalue weighted by molar-refractivity contribution is 7.92. The first kappa shape index (κ1) is 17.4. The molecule has 0 atom stereocenters. The highest BCUT2D eigenvalue weighted by Crippen LogP contribution is 2.32. The third-order valence-electron chi connectivity index (χ3n) is 3.39. The molecule has 1 aromatic carbocycles. The van der Waals surface area contributed by atoms with E-state index in [-0.39, 0.29) is 16.4 Å². The highest BCUT2D eigenvalue weighted by Gasteiger charge is 2.12. The third-order valence-corrected chi connectivity index (χ3v) is 4.69. The van der Waals surface area contributed by atoms with Gasteiger partial charge in [-0.1, -0.05) is 29.3 Å². The lowest BCUT2D eigenvalue weighted by molar-refractivity contribution is 0.607. The van der Waals surface area contributed by atoms with Crippen LogP contribution in [0.5, 0.6) is 0 Å². The molecule has 0 radical (unpaired) electrons. The summed E-state index contributed by atoms with van der Waals surface area (Å²) in [4.78, 5) is 8.21. The zero-order chi connectivity index (χ0) is 18.2. The van der Waals surface area contributed by atoms with Crippen LogP contribution in [0.3, 0.4) is 0 Å². The Morgan fingerprint density at radius 3 is 2.56 bits per heavy atom. The fourth-order valence-electron chi connectivity index (χ4n) is 2.30. The number of nitrogens with zero attached hydrogens (tertiary/aromatic N) is 3. The van der Waals surface area contributed by atoms with Crippen LogP contribution in [-0.4, -0.2) is 24.6 Å². The van der Waals surface area contributed by atoms with E-state index in [1.807, 2.05) is 6.07 Å². The highest BCUT2D eigenvalue weighted by atomic mass is 35.5. The van der Waals surface area contributed by atoms with Crippen molar-refractivity contribution < 1.29 is 8.42 Å². The van der Waals surface area contributed by atoms with Crippen LogP contribution in [0, 0.1) is 11.3 Å². The minimum absolute atomic E-state index is 0.0430. The summed E-state index contributed by atoms with van der Waals surface area (Å²) >= 11 is 12.2. The van der Waals surface area contributed by atoms with Gasteiger partial charge in [0.05, 0.1) is 28.0 Å². The fraction of sp³-hybridized carbons (Fsp3) is 0.0625. The number of anilines is 1. The van der Waals surface area contributed by atoms with Gasteiger partial charge >= 0.3 is 0 Å². The molecule has 126 valence electrons. The predicted octanol–water partition coefficient (Wildman–Crippen LogP) is 3.85. The number of hydrogen-bond donors (Lipinski definition) is 1. The van der Waals surface area contributed by atoms with Gasteiger partial charge in [0.2, 0.25) is 10.0 Å². The van der Waals surface area contributed by atoms with E-state index in [1.54, 1.807) is 24.3 Å². The van der Waals surface area contributed by atoms with Crippen molar-refractivity contribution in [3.63, 3.8) is 0 Å². The van der Waals surface area contributed by atoms with Crippen molar-refractivity contribution in [2.24, 2.45) is 0 Å². The van der Waals surface area contributed by atoms with E-state index >= 15 is 0 Å². The molecule has 0 saturated carbocycles. The van der Waals surface area contributed by atoms with Gasteiger partial charge in [-0.25, -0.2) is 13.4 Å². The van der Waals surface area contributed by atoms with E-state index < -0.39 is 10.0 Å². The number of rotatable bonds is 3. The van der Waals surface area contributed by atoms with Gasteiger partial charge in [0.15, 0.2) is 5.15 Å². The second-order valence-electron chi connectivity index (χ2n) is 5.27. The molecule has 3 rings (SSSR count). The van der Waals surface area contributed by atoms with Crippen molar-refractivity contribution in [3.8, 4) is 17.2 Å². The van der Waals surface area contributed by atoms with Gasteiger partial charge in [-0.2, -0.15) is 5.26 Å². The normalized spacial score (nSPS) is 11.3. The second kappa shape index (κ2) is 6.48. The van der Waals surface area contributed by atoms with E-state index in [9.17, 15) is 8.42 Å². The zero-order valence-electron chi connectivity index (χ0n) is 12.8. The van der Waals surface area contributed by atoms with Crippen molar-refractivity contribution in [1.29, 1.82) is 5.26 Å². The van der Waals surface area contributed by atoms with Crippen LogP contribution in [0.25, 0.3) is 22.0 Å². The average Bonchev–Trinajstić information content (AvgIpc) is 2.56. The molecule has 0 aliphatic carbocycles. The molecule has 2 heterocycles. The predicted molar refractivity (Wildman–Crippen MR) is 98.2 cm³/mol. The second-order valence-corrected chi connectivity index (χ2v) is 7.75. The quantitative estimate of drug-likeness (QED) is 0.682. The minimum Gasteiger partial charge on any atom is -0.281 e. The molecule has 6 nitrogen and oxygen atoms in total. The van der Waals surface area contributed by atoms with E-state index in [4.69, 9.17) is 28.5 Å². The molecule has 0 saturated heterocycles. The number of halogens is 2. The summed E-state index contributed by atoms with van der Waals surface area (Å²) in [5, 5.41) is 10.0. The smallest absolute Gasteiger partial charge is 0.229 e. The lowest BCUT2D eigenvalue weighted by atomic mass is 10.0. The summed E-state index contributed by atoms with van der Waals surface area (Å²) in [5.74, 6) is 0. The van der Waals surface area contributed by atoms with E-state index in [0.717, 1.165) is 11.8 Å². The summed E-state index contributed by atoms with van der Waals surface area (Å²) in [7, 11) is -3.49. The molecule has 0 bridgehead atoms. The Hall–Kier alpha value is -2.40. The maximum absolute atomic E-state index is 11.4. The van der Waals surface area contributed by atoms with Gasteiger partial charge in [0, 0.05) is 23.3 Å². The lowest BCUT2D eigenvalue weighted by Crippen LogP contribution is -2.10. The zero-order valence-corrected chi connectivity index (χ0v) is 15.1. The molecule has 0 amide bonds. The van der Waals surface area contributed by atoms with Gasteiger partial charge in [0.25, 0.3) is 0 Å². The molecule has 0 aliphatic rings. The van der Waals surface area contributed by atoms with Crippen molar-refractivity contribution in [2.75, 3.05) is 11.0 Å². The maximum atomic E-state index is 11.4. The SMILES string of the molecule is CS(=O)(=O)Nc1cc(-c2ccc3ncc(C#N)c(Cl)c3c2)cnc1Cl. The van der Waals surface area contributed by atoms with E-state index in [0.29, 0.717) is 21.5 Å². The molecule has 1 N–H and O–H groups in total. The molecule has 2 aromatic heterocycles. The van der Waals surface area contributed by atoms with Gasteiger partial charge in [0.1, 0.15) is 6.07 Å². The first-order valence-electron chi connectivity index (χ1n) is 6.90. The topological polar surface area (TPSA) is 95.7 Å². The van der Waals surface area contributed by atoms with Crippen LogP contribution >= 0.6 is 23.2 Å². The van der Waals surface area contributed by atoms with Crippen molar-refractivity contribution in [3.05, 3.63) is 52.4 Å².